The molecule has 8 nitrogen and oxygen atoms in total. The predicted molar refractivity (Wildman–Crippen MR) is 168 cm³/mol. The first-order valence-corrected chi connectivity index (χ1v) is 15.3. The number of nitrogens with zero attached hydrogens (tertiary/aromatic N) is 6. The number of piperazine rings is 1. The number of pyridine rings is 2. The van der Waals surface area contributed by atoms with Crippen LogP contribution in [0.2, 0.25) is 5.02 Å². The highest BCUT2D eigenvalue weighted by Gasteiger charge is 2.31. The van der Waals surface area contributed by atoms with E-state index in [4.69, 9.17) is 16.6 Å². The Hall–Kier alpha value is -3.76. The lowest BCUT2D eigenvalue weighted by Crippen LogP contribution is -2.54. The van der Waals surface area contributed by atoms with Crippen LogP contribution in [0.25, 0.3) is 28.0 Å². The largest absolute Gasteiger partial charge is 0.355 e. The van der Waals surface area contributed by atoms with Gasteiger partial charge in [-0.25, -0.2) is 18.7 Å². The van der Waals surface area contributed by atoms with Crippen molar-refractivity contribution in [1.29, 1.82) is 0 Å². The molecular formula is C31H32ClFN6O2S. The van der Waals surface area contributed by atoms with Crippen LogP contribution in [-0.4, -0.2) is 62.3 Å². The third-order valence-electron chi connectivity index (χ3n) is 7.55. The molecule has 1 aliphatic rings. The second-order valence-corrected chi connectivity index (χ2v) is 11.9. The molecule has 0 bridgehead atoms. The zero-order chi connectivity index (χ0) is 30.3. The fourth-order valence-electron chi connectivity index (χ4n) is 5.50. The highest BCUT2D eigenvalue weighted by atomic mass is 35.5. The molecule has 1 atom stereocenters. The van der Waals surface area contributed by atoms with Crippen LogP contribution < -0.4 is 10.6 Å². The van der Waals surface area contributed by atoms with E-state index in [0.717, 1.165) is 4.90 Å². The minimum Gasteiger partial charge on any atom is -0.350 e. The molecule has 1 unspecified atom stereocenters. The summed E-state index contributed by atoms with van der Waals surface area (Å²) in [7, 11) is 0. The minimum atomic E-state index is -0.537. The number of aromatic nitrogens is 4. The van der Waals surface area contributed by atoms with Crippen molar-refractivity contribution in [3.05, 3.63) is 81.8 Å². The average molecular weight is 607 g/mol. The summed E-state index contributed by atoms with van der Waals surface area (Å²) in [6, 6.07) is 8.20. The number of hydrogen-bond donors (Lipinski definition) is 0. The molecule has 1 amide bonds. The molecular weight excluding hydrogens is 575 g/mol. The van der Waals surface area contributed by atoms with Crippen LogP contribution in [0, 0.1) is 12.7 Å². The Kier molecular flexibility index (Phi) is 8.39. The number of fused-ring (bicyclic) bond motifs is 1. The van der Waals surface area contributed by atoms with Crippen LogP contribution in [0.1, 0.15) is 37.9 Å². The molecule has 0 N–H and O–H groups in total. The smallest absolute Gasteiger partial charge is 0.350 e. The van der Waals surface area contributed by atoms with E-state index in [-0.39, 0.29) is 34.1 Å². The van der Waals surface area contributed by atoms with Crippen LogP contribution in [-0.2, 0) is 4.79 Å². The standard InChI is InChI=1S/C31H32ClFN6O2S/c1-7-24(40)37-13-14-38(19(5)16-37)29-20-15-21(32)27(25-18(4)9-8-10-22(25)33)35-30(20)39(31(41)36-29)28-23(42-6)11-12-34-26(28)17(2)3/h7-12,15,17,19H,1,13-14,16H2,2-6H3. The lowest BCUT2D eigenvalue weighted by atomic mass is 10.0. The summed E-state index contributed by atoms with van der Waals surface area (Å²) in [6.45, 7) is 12.7. The maximum absolute atomic E-state index is 15.2. The first-order valence-electron chi connectivity index (χ1n) is 13.7. The topological polar surface area (TPSA) is 84.2 Å². The van der Waals surface area contributed by atoms with Crippen LogP contribution >= 0.6 is 23.4 Å². The Balaban J connectivity index is 1.85. The summed E-state index contributed by atoms with van der Waals surface area (Å²) in [5.74, 6) is -0.203. The highest BCUT2D eigenvalue weighted by Crippen LogP contribution is 2.38. The summed E-state index contributed by atoms with van der Waals surface area (Å²) in [6.07, 6.45) is 4.96. The number of hydrogen-bond acceptors (Lipinski definition) is 7. The zero-order valence-electron chi connectivity index (χ0n) is 24.2. The Morgan fingerprint density at radius 2 is 2.00 bits per heavy atom. The first-order chi connectivity index (χ1) is 20.1. The van der Waals surface area contributed by atoms with Crippen molar-refractivity contribution in [3.63, 3.8) is 0 Å². The number of aryl methyl sites for hydroxylation is 1. The lowest BCUT2D eigenvalue weighted by Gasteiger charge is -2.40. The minimum absolute atomic E-state index is 0.00944. The Bertz CT molecular complexity index is 1750. The highest BCUT2D eigenvalue weighted by molar-refractivity contribution is 7.98. The molecule has 4 heterocycles. The predicted octanol–water partition coefficient (Wildman–Crippen LogP) is 6.01. The van der Waals surface area contributed by atoms with E-state index in [1.54, 1.807) is 36.2 Å². The van der Waals surface area contributed by atoms with Crippen LogP contribution in [0.15, 0.2) is 58.9 Å². The molecule has 1 fully saturated rings. The second-order valence-electron chi connectivity index (χ2n) is 10.6. The number of amides is 1. The molecule has 0 radical (unpaired) electrons. The Morgan fingerprint density at radius 1 is 1.24 bits per heavy atom. The van der Waals surface area contributed by atoms with Gasteiger partial charge in [-0.05, 0) is 55.9 Å². The molecule has 3 aromatic heterocycles. The van der Waals surface area contributed by atoms with E-state index in [2.05, 4.69) is 16.5 Å². The van der Waals surface area contributed by atoms with Crippen molar-refractivity contribution >= 4 is 46.1 Å². The number of halogens is 2. The van der Waals surface area contributed by atoms with Crippen molar-refractivity contribution in [2.45, 2.75) is 44.6 Å². The summed E-state index contributed by atoms with van der Waals surface area (Å²) in [4.78, 5) is 45.1. The molecule has 0 saturated carbocycles. The fraction of sp³-hybridized carbons (Fsp3) is 0.323. The maximum Gasteiger partial charge on any atom is 0.355 e. The van der Waals surface area contributed by atoms with E-state index in [9.17, 15) is 9.59 Å². The Morgan fingerprint density at radius 3 is 2.64 bits per heavy atom. The van der Waals surface area contributed by atoms with Gasteiger partial charge in [0.1, 0.15) is 11.6 Å². The number of anilines is 1. The number of benzene rings is 1. The van der Waals surface area contributed by atoms with Gasteiger partial charge in [-0.2, -0.15) is 4.98 Å². The summed E-state index contributed by atoms with van der Waals surface area (Å²) in [5.41, 5.74) is 2.24. The summed E-state index contributed by atoms with van der Waals surface area (Å²) >= 11 is 8.34. The van der Waals surface area contributed by atoms with Gasteiger partial charge in [-0.15, -0.1) is 11.8 Å². The van der Waals surface area contributed by atoms with Crippen molar-refractivity contribution in [2.24, 2.45) is 0 Å². The van der Waals surface area contributed by atoms with E-state index in [1.807, 2.05) is 38.0 Å². The Labute approximate surface area is 253 Å². The molecule has 11 heteroatoms. The lowest BCUT2D eigenvalue weighted by molar-refractivity contribution is -0.126. The van der Waals surface area contributed by atoms with Gasteiger partial charge in [-0.3, -0.25) is 9.78 Å². The van der Waals surface area contributed by atoms with E-state index >= 15 is 4.39 Å². The maximum atomic E-state index is 15.2. The van der Waals surface area contributed by atoms with Crippen LogP contribution in [0.3, 0.4) is 0 Å². The van der Waals surface area contributed by atoms with Gasteiger partial charge in [-0.1, -0.05) is 44.2 Å². The monoisotopic (exact) mass is 606 g/mol. The molecule has 5 rings (SSSR count). The summed E-state index contributed by atoms with van der Waals surface area (Å²) in [5, 5.41) is 0.774. The number of carbonyl (C=O) groups is 1. The van der Waals surface area contributed by atoms with Gasteiger partial charge in [0.15, 0.2) is 5.65 Å². The van der Waals surface area contributed by atoms with E-state index in [1.165, 1.54) is 28.5 Å². The van der Waals surface area contributed by atoms with Gasteiger partial charge < -0.3 is 9.80 Å². The average Bonchev–Trinajstić information content (AvgIpc) is 2.96. The number of thioether (sulfide) groups is 1. The normalized spacial score (nSPS) is 15.5. The summed E-state index contributed by atoms with van der Waals surface area (Å²) < 4.78 is 16.7. The second kappa shape index (κ2) is 11.9. The quantitative estimate of drug-likeness (QED) is 0.196. The fourth-order valence-corrected chi connectivity index (χ4v) is 6.33. The van der Waals surface area contributed by atoms with Gasteiger partial charge in [0.25, 0.3) is 0 Å². The van der Waals surface area contributed by atoms with Gasteiger partial charge in [0, 0.05) is 42.3 Å². The van der Waals surface area contributed by atoms with Gasteiger partial charge in [0.05, 0.1) is 27.5 Å². The third kappa shape index (κ3) is 5.18. The number of carbonyl (C=O) groups excluding carboxylic acids is 1. The molecule has 218 valence electrons. The molecule has 4 aromatic rings. The molecule has 1 saturated heterocycles. The zero-order valence-corrected chi connectivity index (χ0v) is 25.8. The van der Waals surface area contributed by atoms with Crippen molar-refractivity contribution in [1.82, 2.24) is 24.4 Å². The molecule has 0 aliphatic carbocycles. The molecule has 1 aromatic carbocycles. The van der Waals surface area contributed by atoms with Crippen molar-refractivity contribution < 1.29 is 9.18 Å². The van der Waals surface area contributed by atoms with Gasteiger partial charge in [0.2, 0.25) is 5.91 Å². The SMILES string of the molecule is C=CC(=O)N1CCN(c2nc(=O)n(-c3c(SC)ccnc3C(C)C)c3nc(-c4c(C)cccc4F)c(Cl)cc23)C(C)C1. The molecule has 42 heavy (non-hydrogen) atoms. The van der Waals surface area contributed by atoms with Crippen molar-refractivity contribution in [2.75, 3.05) is 30.8 Å². The van der Waals surface area contributed by atoms with Crippen LogP contribution in [0.5, 0.6) is 0 Å². The number of rotatable bonds is 6. The van der Waals surface area contributed by atoms with Crippen molar-refractivity contribution in [3.8, 4) is 16.9 Å². The first kappa shape index (κ1) is 29.7. The van der Waals surface area contributed by atoms with E-state index < -0.39 is 11.5 Å². The molecule has 0 spiro atoms. The van der Waals surface area contributed by atoms with E-state index in [0.29, 0.717) is 53.4 Å². The molecule has 1 aliphatic heterocycles. The van der Waals surface area contributed by atoms with Crippen LogP contribution in [0.4, 0.5) is 10.2 Å². The third-order valence-corrected chi connectivity index (χ3v) is 8.61. The van der Waals surface area contributed by atoms with Gasteiger partial charge >= 0.3 is 5.69 Å².